The van der Waals surface area contributed by atoms with E-state index in [0.29, 0.717) is 5.52 Å². The van der Waals surface area contributed by atoms with Crippen LogP contribution in [-0.2, 0) is 0 Å². The summed E-state index contributed by atoms with van der Waals surface area (Å²) < 4.78 is 0. The molecular formula is C24H20ClN3O2. The molecule has 3 amide bonds. The third kappa shape index (κ3) is 4.82. The van der Waals surface area contributed by atoms with E-state index in [9.17, 15) is 9.59 Å². The fraction of sp³-hybridized carbons (Fsp3) is 0.0417. The van der Waals surface area contributed by atoms with Gasteiger partial charge in [-0.05, 0) is 23.3 Å². The number of imide groups is 1. The van der Waals surface area contributed by atoms with E-state index in [4.69, 9.17) is 0 Å². The van der Waals surface area contributed by atoms with Gasteiger partial charge in [-0.2, -0.15) is 0 Å². The number of aromatic nitrogens is 1. The van der Waals surface area contributed by atoms with Gasteiger partial charge in [0.25, 0.3) is 5.91 Å². The van der Waals surface area contributed by atoms with Gasteiger partial charge >= 0.3 is 6.03 Å². The van der Waals surface area contributed by atoms with Crippen molar-refractivity contribution < 1.29 is 9.59 Å². The predicted octanol–water partition coefficient (Wildman–Crippen LogP) is 4.89. The first-order valence-corrected chi connectivity index (χ1v) is 9.28. The quantitative estimate of drug-likeness (QED) is 0.496. The minimum absolute atomic E-state index is 0. The fourth-order valence-electron chi connectivity index (χ4n) is 3.18. The van der Waals surface area contributed by atoms with Gasteiger partial charge in [0.15, 0.2) is 0 Å². The number of carbonyl (C=O) groups is 2. The molecule has 0 unspecified atom stereocenters. The van der Waals surface area contributed by atoms with Gasteiger partial charge in [-0.3, -0.25) is 10.1 Å². The third-order valence-corrected chi connectivity index (χ3v) is 4.60. The monoisotopic (exact) mass is 417 g/mol. The number of nitrogens with zero attached hydrogens (tertiary/aromatic N) is 1. The zero-order valence-corrected chi connectivity index (χ0v) is 16.8. The largest absolute Gasteiger partial charge is 0.327 e. The molecule has 6 heteroatoms. The van der Waals surface area contributed by atoms with Crippen LogP contribution >= 0.6 is 12.4 Å². The molecule has 0 aliphatic rings. The lowest BCUT2D eigenvalue weighted by Gasteiger charge is -2.20. The van der Waals surface area contributed by atoms with Gasteiger partial charge in [-0.15, -0.1) is 12.4 Å². The van der Waals surface area contributed by atoms with Gasteiger partial charge in [0.2, 0.25) is 0 Å². The maximum absolute atomic E-state index is 12.6. The molecule has 5 nitrogen and oxygen atoms in total. The number of hydrogen-bond donors (Lipinski definition) is 2. The molecule has 0 fully saturated rings. The summed E-state index contributed by atoms with van der Waals surface area (Å²) in [5.41, 5.74) is 2.73. The molecule has 1 aromatic heterocycles. The number of urea groups is 1. The van der Waals surface area contributed by atoms with Crippen molar-refractivity contribution in [2.24, 2.45) is 0 Å². The zero-order valence-electron chi connectivity index (χ0n) is 16.0. The van der Waals surface area contributed by atoms with Crippen molar-refractivity contribution >= 4 is 35.2 Å². The van der Waals surface area contributed by atoms with Crippen molar-refractivity contribution in [3.05, 3.63) is 114 Å². The maximum Gasteiger partial charge on any atom is 0.322 e. The molecule has 1 heterocycles. The van der Waals surface area contributed by atoms with E-state index in [1.54, 1.807) is 6.07 Å². The minimum atomic E-state index is -0.581. The van der Waals surface area contributed by atoms with Crippen LogP contribution < -0.4 is 10.6 Å². The molecule has 0 aliphatic heterocycles. The minimum Gasteiger partial charge on any atom is -0.327 e. The summed E-state index contributed by atoms with van der Waals surface area (Å²) in [4.78, 5) is 29.4. The second kappa shape index (κ2) is 9.67. The van der Waals surface area contributed by atoms with E-state index >= 15 is 0 Å². The molecule has 30 heavy (non-hydrogen) atoms. The number of halogens is 1. The zero-order chi connectivity index (χ0) is 20.1. The van der Waals surface area contributed by atoms with Gasteiger partial charge in [0, 0.05) is 5.39 Å². The summed E-state index contributed by atoms with van der Waals surface area (Å²) in [5, 5.41) is 6.20. The second-order valence-corrected chi connectivity index (χ2v) is 6.57. The molecule has 0 saturated heterocycles. The first kappa shape index (κ1) is 21.0. The first-order valence-electron chi connectivity index (χ1n) is 9.28. The summed E-state index contributed by atoms with van der Waals surface area (Å²) in [7, 11) is 0. The molecule has 2 N–H and O–H groups in total. The number of benzene rings is 3. The predicted molar refractivity (Wildman–Crippen MR) is 120 cm³/mol. The van der Waals surface area contributed by atoms with Crippen LogP contribution in [-0.4, -0.2) is 16.9 Å². The number of pyridine rings is 1. The Hall–Kier alpha value is -3.70. The second-order valence-electron chi connectivity index (χ2n) is 6.57. The van der Waals surface area contributed by atoms with E-state index in [1.165, 1.54) is 0 Å². The number of amides is 3. The molecular weight excluding hydrogens is 398 g/mol. The van der Waals surface area contributed by atoms with Crippen LogP contribution in [0, 0.1) is 0 Å². The molecule has 4 rings (SSSR count). The van der Waals surface area contributed by atoms with E-state index in [-0.39, 0.29) is 24.1 Å². The van der Waals surface area contributed by atoms with Gasteiger partial charge in [0.1, 0.15) is 5.69 Å². The Kier molecular flexibility index (Phi) is 6.78. The smallest absolute Gasteiger partial charge is 0.322 e. The Morgan fingerprint density at radius 3 is 1.90 bits per heavy atom. The van der Waals surface area contributed by atoms with Gasteiger partial charge < -0.3 is 5.32 Å². The number of fused-ring (bicyclic) bond motifs is 1. The number of para-hydroxylation sites is 1. The fourth-order valence-corrected chi connectivity index (χ4v) is 3.18. The molecule has 0 saturated carbocycles. The Bertz CT molecular complexity index is 1110. The van der Waals surface area contributed by atoms with Crippen molar-refractivity contribution in [2.75, 3.05) is 0 Å². The van der Waals surface area contributed by atoms with Crippen molar-refractivity contribution in [2.45, 2.75) is 6.04 Å². The highest BCUT2D eigenvalue weighted by molar-refractivity contribution is 6.04. The highest BCUT2D eigenvalue weighted by Crippen LogP contribution is 2.21. The van der Waals surface area contributed by atoms with E-state index < -0.39 is 11.9 Å². The molecule has 0 aliphatic carbocycles. The van der Waals surface area contributed by atoms with Gasteiger partial charge in [-0.25, -0.2) is 9.78 Å². The highest BCUT2D eigenvalue weighted by Gasteiger charge is 2.19. The van der Waals surface area contributed by atoms with Crippen molar-refractivity contribution in [1.82, 2.24) is 15.6 Å². The lowest BCUT2D eigenvalue weighted by atomic mass is 9.99. The molecule has 4 aromatic rings. The maximum atomic E-state index is 12.6. The summed E-state index contributed by atoms with van der Waals surface area (Å²) in [6, 6.07) is 29.2. The van der Waals surface area contributed by atoms with Gasteiger partial charge in [-0.1, -0.05) is 84.9 Å². The van der Waals surface area contributed by atoms with Crippen molar-refractivity contribution in [1.29, 1.82) is 0 Å². The first-order chi connectivity index (χ1) is 14.2. The summed E-state index contributed by atoms with van der Waals surface area (Å²) >= 11 is 0. The van der Waals surface area contributed by atoms with Gasteiger partial charge in [0.05, 0.1) is 11.6 Å². The molecule has 0 atom stereocenters. The van der Waals surface area contributed by atoms with E-state index in [1.807, 2.05) is 91.0 Å². The molecule has 0 radical (unpaired) electrons. The molecule has 0 spiro atoms. The van der Waals surface area contributed by atoms with Crippen LogP contribution in [0.1, 0.15) is 27.7 Å². The van der Waals surface area contributed by atoms with E-state index in [0.717, 1.165) is 16.5 Å². The highest BCUT2D eigenvalue weighted by atomic mass is 35.5. The van der Waals surface area contributed by atoms with Crippen molar-refractivity contribution in [3.8, 4) is 0 Å². The Balaban J connectivity index is 0.00000256. The SMILES string of the molecule is Cl.O=C(NC(=O)c1ccc2ccccc2n1)NC(c1ccccc1)c1ccccc1. The van der Waals surface area contributed by atoms with Crippen LogP contribution in [0.5, 0.6) is 0 Å². The number of nitrogens with one attached hydrogen (secondary N) is 2. The number of rotatable bonds is 4. The van der Waals surface area contributed by atoms with Crippen LogP contribution in [0.25, 0.3) is 10.9 Å². The normalized spacial score (nSPS) is 10.3. The van der Waals surface area contributed by atoms with Crippen LogP contribution in [0.3, 0.4) is 0 Å². The number of carbonyl (C=O) groups excluding carboxylic acids is 2. The lowest BCUT2D eigenvalue weighted by molar-refractivity contribution is 0.0959. The van der Waals surface area contributed by atoms with E-state index in [2.05, 4.69) is 15.6 Å². The van der Waals surface area contributed by atoms with Crippen LogP contribution in [0.2, 0.25) is 0 Å². The Labute approximate surface area is 180 Å². The third-order valence-electron chi connectivity index (χ3n) is 4.60. The Morgan fingerprint density at radius 2 is 1.27 bits per heavy atom. The van der Waals surface area contributed by atoms with Crippen LogP contribution in [0.4, 0.5) is 4.79 Å². The number of hydrogen-bond acceptors (Lipinski definition) is 3. The average Bonchev–Trinajstić information content (AvgIpc) is 2.78. The molecule has 0 bridgehead atoms. The summed E-state index contributed by atoms with van der Waals surface area (Å²) in [6.07, 6.45) is 0. The average molecular weight is 418 g/mol. The van der Waals surface area contributed by atoms with Crippen LogP contribution in [0.15, 0.2) is 97.1 Å². The lowest BCUT2D eigenvalue weighted by Crippen LogP contribution is -2.41. The topological polar surface area (TPSA) is 71.1 Å². The molecule has 150 valence electrons. The summed E-state index contributed by atoms with van der Waals surface area (Å²) in [6.45, 7) is 0. The standard InChI is InChI=1S/C24H19N3O2.ClH/c28-23(21-16-15-17-9-7-8-14-20(17)25-21)27-24(29)26-22(18-10-3-1-4-11-18)19-12-5-2-6-13-19;/h1-16,22H,(H2,26,27,28,29);1H. The Morgan fingerprint density at radius 1 is 0.700 bits per heavy atom. The molecule has 3 aromatic carbocycles. The van der Waals surface area contributed by atoms with Crippen molar-refractivity contribution in [3.63, 3.8) is 0 Å². The summed E-state index contributed by atoms with van der Waals surface area (Å²) in [5.74, 6) is -0.548.